The van der Waals surface area contributed by atoms with Crippen LogP contribution in [0.25, 0.3) is 0 Å². The Hall–Kier alpha value is -0.280. The van der Waals surface area contributed by atoms with Gasteiger partial charge in [0, 0.05) is 12.4 Å². The molecule has 1 fully saturated rings. The average Bonchev–Trinajstić information content (AvgIpc) is 2.37. The number of aliphatic hydroxyl groups is 1. The quantitative estimate of drug-likeness (QED) is 0.758. The van der Waals surface area contributed by atoms with Crippen molar-refractivity contribution >= 4 is 17.5 Å². The van der Waals surface area contributed by atoms with Crippen LogP contribution >= 0.6 is 11.6 Å². The summed E-state index contributed by atoms with van der Waals surface area (Å²) in [6, 6.07) is 0. The van der Waals surface area contributed by atoms with E-state index < -0.39 is 11.0 Å². The number of nitrogens with one attached hydrogen (secondary N) is 1. The van der Waals surface area contributed by atoms with Gasteiger partial charge in [-0.2, -0.15) is 0 Å². The molecule has 1 aliphatic rings. The van der Waals surface area contributed by atoms with Crippen molar-refractivity contribution in [3.05, 3.63) is 0 Å². The molecule has 1 aliphatic carbocycles. The van der Waals surface area contributed by atoms with E-state index in [9.17, 15) is 9.90 Å². The van der Waals surface area contributed by atoms with Gasteiger partial charge in [0.05, 0.1) is 11.0 Å². The lowest BCUT2D eigenvalue weighted by Gasteiger charge is -2.36. The fourth-order valence-electron chi connectivity index (χ4n) is 2.34. The first kappa shape index (κ1) is 15.8. The van der Waals surface area contributed by atoms with Crippen LogP contribution in [-0.2, 0) is 4.79 Å². The highest BCUT2D eigenvalue weighted by atomic mass is 35.5. The van der Waals surface area contributed by atoms with E-state index in [0.29, 0.717) is 6.54 Å². The highest BCUT2D eigenvalue weighted by Gasteiger charge is 2.34. The summed E-state index contributed by atoms with van der Waals surface area (Å²) in [5.74, 6) is 0.943. The Balaban J connectivity index is 2.42. The van der Waals surface area contributed by atoms with Gasteiger partial charge in [0.2, 0.25) is 5.91 Å². The van der Waals surface area contributed by atoms with E-state index in [-0.39, 0.29) is 11.8 Å². The minimum Gasteiger partial charge on any atom is -0.388 e. The van der Waals surface area contributed by atoms with Crippen LogP contribution in [0.2, 0.25) is 0 Å². The Labute approximate surface area is 115 Å². The smallest absolute Gasteiger partial charge is 0.226 e. The Kier molecular flexibility index (Phi) is 5.47. The Morgan fingerprint density at radius 3 is 2.44 bits per heavy atom. The second-order valence-corrected chi connectivity index (χ2v) is 6.54. The lowest BCUT2D eigenvalue weighted by molar-refractivity contribution is -0.130. The topological polar surface area (TPSA) is 49.3 Å². The molecular formula is C14H26ClNO2. The summed E-state index contributed by atoms with van der Waals surface area (Å²) >= 11 is 5.76. The van der Waals surface area contributed by atoms with Crippen molar-refractivity contribution in [1.82, 2.24) is 5.32 Å². The molecular weight excluding hydrogens is 250 g/mol. The summed E-state index contributed by atoms with van der Waals surface area (Å²) in [6.07, 6.45) is 4.87. The van der Waals surface area contributed by atoms with Crippen LogP contribution in [-0.4, -0.2) is 29.0 Å². The summed E-state index contributed by atoms with van der Waals surface area (Å²) in [5.41, 5.74) is -1.29. The second-order valence-electron chi connectivity index (χ2n) is 6.28. The second kappa shape index (κ2) is 6.25. The molecule has 18 heavy (non-hydrogen) atoms. The molecule has 0 aromatic rings. The predicted octanol–water partition coefficient (Wildman–Crippen LogP) is 2.70. The molecule has 0 aromatic heterocycles. The van der Waals surface area contributed by atoms with Gasteiger partial charge in [-0.1, -0.05) is 13.3 Å². The maximum Gasteiger partial charge on any atom is 0.226 e. The normalized spacial score (nSPS) is 29.1. The van der Waals surface area contributed by atoms with Crippen molar-refractivity contribution < 1.29 is 9.90 Å². The summed E-state index contributed by atoms with van der Waals surface area (Å²) in [4.78, 5) is 11.9. The highest BCUT2D eigenvalue weighted by Crippen LogP contribution is 2.33. The van der Waals surface area contributed by atoms with E-state index in [2.05, 4.69) is 12.2 Å². The highest BCUT2D eigenvalue weighted by molar-refractivity contribution is 6.19. The zero-order valence-corrected chi connectivity index (χ0v) is 12.5. The third-order valence-corrected chi connectivity index (χ3v) is 4.81. The molecule has 1 amide bonds. The first-order chi connectivity index (χ1) is 8.33. The monoisotopic (exact) mass is 275 g/mol. The molecule has 0 heterocycles. The number of carbonyl (C=O) groups excluding carboxylic acids is 1. The van der Waals surface area contributed by atoms with Crippen molar-refractivity contribution in [2.45, 2.75) is 58.5 Å². The van der Waals surface area contributed by atoms with Gasteiger partial charge in [0.15, 0.2) is 0 Å². The molecule has 0 aromatic carbocycles. The van der Waals surface area contributed by atoms with Crippen LogP contribution in [0.5, 0.6) is 0 Å². The number of hydrogen-bond acceptors (Lipinski definition) is 2. The van der Waals surface area contributed by atoms with E-state index in [1.165, 1.54) is 6.42 Å². The van der Waals surface area contributed by atoms with Crippen LogP contribution in [0.1, 0.15) is 52.9 Å². The van der Waals surface area contributed by atoms with Gasteiger partial charge < -0.3 is 10.4 Å². The Bertz CT molecular complexity index is 284. The Morgan fingerprint density at radius 2 is 2.00 bits per heavy atom. The SMILES string of the molecule is CCC1CCC(O)(CNC(=O)C(C)(C)CCl)CC1. The zero-order chi connectivity index (χ0) is 13.8. The number of rotatable bonds is 5. The summed E-state index contributed by atoms with van der Waals surface area (Å²) in [6.45, 7) is 6.17. The van der Waals surface area contributed by atoms with Crippen LogP contribution in [0.15, 0.2) is 0 Å². The summed E-state index contributed by atoms with van der Waals surface area (Å²) < 4.78 is 0. The molecule has 1 saturated carbocycles. The number of carbonyl (C=O) groups is 1. The summed E-state index contributed by atoms with van der Waals surface area (Å²) in [7, 11) is 0. The molecule has 0 aliphatic heterocycles. The molecule has 3 nitrogen and oxygen atoms in total. The number of amides is 1. The standard InChI is InChI=1S/C14H26ClNO2/c1-4-11-5-7-14(18,8-6-11)10-16-12(17)13(2,3)9-15/h11,18H,4-10H2,1-3H3,(H,16,17). The minimum absolute atomic E-state index is 0.0801. The molecule has 0 bridgehead atoms. The van der Waals surface area contributed by atoms with Gasteiger partial charge in [-0.05, 0) is 45.4 Å². The van der Waals surface area contributed by atoms with Gasteiger partial charge in [0.1, 0.15) is 0 Å². The first-order valence-corrected chi connectivity index (χ1v) is 7.43. The number of hydrogen-bond donors (Lipinski definition) is 2. The zero-order valence-electron chi connectivity index (χ0n) is 11.8. The molecule has 0 unspecified atom stereocenters. The summed E-state index contributed by atoms with van der Waals surface area (Å²) in [5, 5.41) is 13.3. The third kappa shape index (κ3) is 4.13. The van der Waals surface area contributed by atoms with Crippen LogP contribution in [0.4, 0.5) is 0 Å². The van der Waals surface area contributed by atoms with Crippen LogP contribution < -0.4 is 5.32 Å². The fraction of sp³-hybridized carbons (Fsp3) is 0.929. The molecule has 106 valence electrons. The molecule has 0 spiro atoms. The van der Waals surface area contributed by atoms with E-state index in [0.717, 1.165) is 31.6 Å². The van der Waals surface area contributed by atoms with Crippen molar-refractivity contribution in [1.29, 1.82) is 0 Å². The minimum atomic E-state index is -0.719. The van der Waals surface area contributed by atoms with Gasteiger partial charge in [-0.25, -0.2) is 0 Å². The lowest BCUT2D eigenvalue weighted by atomic mass is 9.77. The Morgan fingerprint density at radius 1 is 1.44 bits per heavy atom. The van der Waals surface area contributed by atoms with Crippen molar-refractivity contribution in [3.63, 3.8) is 0 Å². The lowest BCUT2D eigenvalue weighted by Crippen LogP contribution is -2.48. The molecule has 2 N–H and O–H groups in total. The van der Waals surface area contributed by atoms with Gasteiger partial charge in [0.25, 0.3) is 0 Å². The molecule has 0 atom stereocenters. The van der Waals surface area contributed by atoms with Crippen molar-refractivity contribution in [3.8, 4) is 0 Å². The van der Waals surface area contributed by atoms with Crippen LogP contribution in [0, 0.1) is 11.3 Å². The van der Waals surface area contributed by atoms with E-state index in [4.69, 9.17) is 11.6 Å². The van der Waals surface area contributed by atoms with E-state index in [1.807, 2.05) is 13.8 Å². The van der Waals surface area contributed by atoms with Crippen LogP contribution in [0.3, 0.4) is 0 Å². The third-order valence-electron chi connectivity index (χ3n) is 4.14. The average molecular weight is 276 g/mol. The number of halogens is 1. The maximum absolute atomic E-state index is 11.9. The van der Waals surface area contributed by atoms with E-state index >= 15 is 0 Å². The molecule has 1 rings (SSSR count). The molecule has 0 saturated heterocycles. The van der Waals surface area contributed by atoms with Gasteiger partial charge in [-0.3, -0.25) is 4.79 Å². The predicted molar refractivity (Wildman–Crippen MR) is 74.7 cm³/mol. The van der Waals surface area contributed by atoms with Gasteiger partial charge in [-0.15, -0.1) is 11.6 Å². The largest absolute Gasteiger partial charge is 0.388 e. The molecule has 4 heteroatoms. The maximum atomic E-state index is 11.9. The van der Waals surface area contributed by atoms with Crippen molar-refractivity contribution in [2.24, 2.45) is 11.3 Å². The first-order valence-electron chi connectivity index (χ1n) is 6.89. The van der Waals surface area contributed by atoms with E-state index in [1.54, 1.807) is 0 Å². The number of alkyl halides is 1. The fourth-order valence-corrected chi connectivity index (χ4v) is 2.47. The van der Waals surface area contributed by atoms with Crippen molar-refractivity contribution in [2.75, 3.05) is 12.4 Å². The van der Waals surface area contributed by atoms with Gasteiger partial charge >= 0.3 is 0 Å². The molecule has 0 radical (unpaired) electrons.